The van der Waals surface area contributed by atoms with Gasteiger partial charge in [0.15, 0.2) is 12.4 Å². The fourth-order valence-electron chi connectivity index (χ4n) is 2.98. The first-order valence-corrected chi connectivity index (χ1v) is 10.4. The predicted molar refractivity (Wildman–Crippen MR) is 115 cm³/mol. The molecule has 0 aliphatic carbocycles. The van der Waals surface area contributed by atoms with E-state index < -0.39 is 12.0 Å². The first-order valence-electron chi connectivity index (χ1n) is 9.99. The van der Waals surface area contributed by atoms with E-state index >= 15 is 0 Å². The Bertz CT molecular complexity index is 1020. The molecule has 162 valence electrons. The summed E-state index contributed by atoms with van der Waals surface area (Å²) in [7, 11) is 0. The van der Waals surface area contributed by atoms with Gasteiger partial charge in [0.25, 0.3) is 11.8 Å². The Labute approximate surface area is 185 Å². The lowest BCUT2D eigenvalue weighted by molar-refractivity contribution is -0.146. The fourth-order valence-corrected chi connectivity index (χ4v) is 3.21. The van der Waals surface area contributed by atoms with E-state index in [2.05, 4.69) is 29.3 Å². The van der Waals surface area contributed by atoms with Gasteiger partial charge >= 0.3 is 5.97 Å². The summed E-state index contributed by atoms with van der Waals surface area (Å²) >= 11 is 6.13. The predicted octanol–water partition coefficient (Wildman–Crippen LogP) is 4.53. The summed E-state index contributed by atoms with van der Waals surface area (Å²) in [6.45, 7) is 3.98. The van der Waals surface area contributed by atoms with Gasteiger partial charge in [-0.3, -0.25) is 9.59 Å². The number of amides is 1. The number of ether oxygens (including phenoxy) is 1. The molecule has 0 bridgehead atoms. The lowest BCUT2D eigenvalue weighted by Gasteiger charge is -2.19. The van der Waals surface area contributed by atoms with Crippen molar-refractivity contribution >= 4 is 23.5 Å². The second kappa shape index (κ2) is 10.7. The summed E-state index contributed by atoms with van der Waals surface area (Å²) in [5.41, 5.74) is 1.11. The molecule has 2 aromatic carbocycles. The van der Waals surface area contributed by atoms with Gasteiger partial charge in [-0.05, 0) is 23.6 Å². The molecule has 1 N–H and O–H groups in total. The first kappa shape index (κ1) is 22.5. The van der Waals surface area contributed by atoms with Gasteiger partial charge in [-0.1, -0.05) is 73.1 Å². The lowest BCUT2D eigenvalue weighted by Crippen LogP contribution is -2.30. The Morgan fingerprint density at radius 2 is 1.81 bits per heavy atom. The van der Waals surface area contributed by atoms with E-state index in [-0.39, 0.29) is 24.8 Å². The summed E-state index contributed by atoms with van der Waals surface area (Å²) in [6.07, 6.45) is 0.620. The molecular weight excluding hydrogens is 418 g/mol. The number of nitrogens with zero attached hydrogens (tertiary/aromatic N) is 2. The molecule has 1 atom stereocenters. The molecule has 0 aliphatic rings. The average molecular weight is 442 g/mol. The normalized spacial score (nSPS) is 11.9. The molecule has 1 amide bonds. The van der Waals surface area contributed by atoms with E-state index in [0.29, 0.717) is 28.7 Å². The van der Waals surface area contributed by atoms with Crippen molar-refractivity contribution in [1.82, 2.24) is 15.5 Å². The molecule has 3 rings (SSSR count). The van der Waals surface area contributed by atoms with Crippen LogP contribution in [0.15, 0.2) is 59.1 Å². The molecule has 1 heterocycles. The standard InChI is InChI=1S/C23H24ClN3O4/c1-15(2)12-20-26-21(31-27-20)14-30-22(28)13-19(16-8-4-3-5-9-16)25-23(29)17-10-6-7-11-18(17)24/h3-11,15,19H,12-14H2,1-2H3,(H,25,29). The summed E-state index contributed by atoms with van der Waals surface area (Å²) in [4.78, 5) is 29.4. The molecule has 3 aromatic rings. The highest BCUT2D eigenvalue weighted by Gasteiger charge is 2.22. The van der Waals surface area contributed by atoms with E-state index in [0.717, 1.165) is 5.56 Å². The van der Waals surface area contributed by atoms with Gasteiger partial charge < -0.3 is 14.6 Å². The van der Waals surface area contributed by atoms with E-state index in [4.69, 9.17) is 20.9 Å². The third-order valence-electron chi connectivity index (χ3n) is 4.45. The number of rotatable bonds is 9. The van der Waals surface area contributed by atoms with Gasteiger partial charge in [-0.2, -0.15) is 4.98 Å². The van der Waals surface area contributed by atoms with Crippen molar-refractivity contribution < 1.29 is 18.8 Å². The minimum Gasteiger partial charge on any atom is -0.455 e. The number of carbonyl (C=O) groups is 2. The SMILES string of the molecule is CC(C)Cc1noc(COC(=O)CC(NC(=O)c2ccccc2Cl)c2ccccc2)n1. The largest absolute Gasteiger partial charge is 0.455 e. The number of nitrogens with one attached hydrogen (secondary N) is 1. The van der Waals surface area contributed by atoms with Crippen molar-refractivity contribution in [2.75, 3.05) is 0 Å². The van der Waals surface area contributed by atoms with Crippen molar-refractivity contribution in [1.29, 1.82) is 0 Å². The topological polar surface area (TPSA) is 94.3 Å². The van der Waals surface area contributed by atoms with Crippen LogP contribution in [-0.4, -0.2) is 22.0 Å². The number of hydrogen-bond acceptors (Lipinski definition) is 6. The van der Waals surface area contributed by atoms with Crippen LogP contribution in [0.5, 0.6) is 0 Å². The highest BCUT2D eigenvalue weighted by molar-refractivity contribution is 6.33. The Morgan fingerprint density at radius 3 is 2.52 bits per heavy atom. The quantitative estimate of drug-likeness (QED) is 0.490. The molecule has 0 saturated carbocycles. The van der Waals surface area contributed by atoms with E-state index in [1.54, 1.807) is 24.3 Å². The van der Waals surface area contributed by atoms with Crippen LogP contribution in [0.2, 0.25) is 5.02 Å². The molecule has 8 heteroatoms. The van der Waals surface area contributed by atoms with Crippen molar-refractivity contribution in [2.45, 2.75) is 39.3 Å². The van der Waals surface area contributed by atoms with E-state index in [1.807, 2.05) is 30.3 Å². The maximum atomic E-state index is 12.7. The van der Waals surface area contributed by atoms with E-state index in [1.165, 1.54) is 0 Å². The third-order valence-corrected chi connectivity index (χ3v) is 4.78. The second-order valence-corrected chi connectivity index (χ2v) is 7.89. The molecule has 1 unspecified atom stereocenters. The summed E-state index contributed by atoms with van der Waals surface area (Å²) < 4.78 is 10.4. The van der Waals surface area contributed by atoms with Crippen LogP contribution in [0.25, 0.3) is 0 Å². The second-order valence-electron chi connectivity index (χ2n) is 7.48. The number of halogens is 1. The number of hydrogen-bond donors (Lipinski definition) is 1. The molecule has 0 spiro atoms. The third kappa shape index (κ3) is 6.65. The molecule has 0 radical (unpaired) electrons. The molecule has 0 saturated heterocycles. The highest BCUT2D eigenvalue weighted by Crippen LogP contribution is 2.21. The van der Waals surface area contributed by atoms with Crippen LogP contribution < -0.4 is 5.32 Å². The summed E-state index contributed by atoms with van der Waals surface area (Å²) in [5, 5.41) is 7.08. The first-order chi connectivity index (χ1) is 14.9. The zero-order chi connectivity index (χ0) is 22.2. The Hall–Kier alpha value is -3.19. The average Bonchev–Trinajstić information content (AvgIpc) is 3.19. The summed E-state index contributed by atoms with van der Waals surface area (Å²) in [6, 6.07) is 15.4. The number of esters is 1. The molecule has 1 aromatic heterocycles. The van der Waals surface area contributed by atoms with Crippen LogP contribution in [0, 0.1) is 5.92 Å². The molecule has 7 nitrogen and oxygen atoms in total. The van der Waals surface area contributed by atoms with Crippen LogP contribution in [0.1, 0.15) is 53.9 Å². The van der Waals surface area contributed by atoms with Crippen LogP contribution in [-0.2, 0) is 22.6 Å². The Kier molecular flexibility index (Phi) is 7.78. The smallest absolute Gasteiger partial charge is 0.308 e. The van der Waals surface area contributed by atoms with E-state index in [9.17, 15) is 9.59 Å². The van der Waals surface area contributed by atoms with Gasteiger partial charge in [-0.25, -0.2) is 0 Å². The number of benzene rings is 2. The summed E-state index contributed by atoms with van der Waals surface area (Å²) in [5.74, 6) is 0.330. The maximum absolute atomic E-state index is 12.7. The minimum atomic E-state index is -0.586. The zero-order valence-corrected chi connectivity index (χ0v) is 18.1. The van der Waals surface area contributed by atoms with Crippen LogP contribution >= 0.6 is 11.6 Å². The van der Waals surface area contributed by atoms with Crippen molar-refractivity contribution in [2.24, 2.45) is 5.92 Å². The lowest BCUT2D eigenvalue weighted by atomic mass is 10.0. The van der Waals surface area contributed by atoms with Gasteiger partial charge in [0.05, 0.1) is 23.0 Å². The van der Waals surface area contributed by atoms with Crippen molar-refractivity contribution in [3.63, 3.8) is 0 Å². The molecule has 0 fully saturated rings. The monoisotopic (exact) mass is 441 g/mol. The number of carbonyl (C=O) groups excluding carboxylic acids is 2. The molecule has 31 heavy (non-hydrogen) atoms. The Balaban J connectivity index is 1.64. The van der Waals surface area contributed by atoms with Gasteiger partial charge in [0.2, 0.25) is 0 Å². The van der Waals surface area contributed by atoms with Crippen LogP contribution in [0.4, 0.5) is 0 Å². The molecular formula is C23H24ClN3O4. The van der Waals surface area contributed by atoms with Crippen molar-refractivity contribution in [3.8, 4) is 0 Å². The fraction of sp³-hybridized carbons (Fsp3) is 0.304. The van der Waals surface area contributed by atoms with Crippen molar-refractivity contribution in [3.05, 3.63) is 82.5 Å². The zero-order valence-electron chi connectivity index (χ0n) is 17.4. The minimum absolute atomic E-state index is 0.0623. The van der Waals surface area contributed by atoms with Crippen LogP contribution in [0.3, 0.4) is 0 Å². The van der Waals surface area contributed by atoms with Gasteiger partial charge in [0, 0.05) is 6.42 Å². The van der Waals surface area contributed by atoms with Gasteiger partial charge in [0.1, 0.15) is 0 Å². The van der Waals surface area contributed by atoms with Gasteiger partial charge in [-0.15, -0.1) is 0 Å². The number of aromatic nitrogens is 2. The maximum Gasteiger partial charge on any atom is 0.308 e. The highest BCUT2D eigenvalue weighted by atomic mass is 35.5. The Morgan fingerprint density at radius 1 is 1.10 bits per heavy atom. The molecule has 0 aliphatic heterocycles.